The van der Waals surface area contributed by atoms with Gasteiger partial charge < -0.3 is 15.2 Å². The van der Waals surface area contributed by atoms with Crippen LogP contribution in [0.1, 0.15) is 36.6 Å². The fraction of sp³-hybridized carbons (Fsp3) is 0.417. The van der Waals surface area contributed by atoms with Crippen molar-refractivity contribution in [2.24, 2.45) is 18.7 Å². The molecule has 0 radical (unpaired) electrons. The smallest absolute Gasteiger partial charge is 0.237 e. The van der Waals surface area contributed by atoms with Crippen molar-refractivity contribution in [3.8, 4) is 10.7 Å². The van der Waals surface area contributed by atoms with Gasteiger partial charge in [-0.05, 0) is 48.9 Å². The minimum atomic E-state index is -0.432. The van der Waals surface area contributed by atoms with Crippen LogP contribution in [0.5, 0.6) is 0 Å². The van der Waals surface area contributed by atoms with Gasteiger partial charge in [-0.25, -0.2) is 0 Å². The molecule has 2 N–H and O–H groups in total. The maximum absolute atomic E-state index is 13.0. The Balaban J connectivity index is 1.45. The summed E-state index contributed by atoms with van der Waals surface area (Å²) in [4.78, 5) is 28.5. The van der Waals surface area contributed by atoms with E-state index >= 15 is 0 Å². The molecule has 2 amide bonds. The molecule has 0 saturated carbocycles. The van der Waals surface area contributed by atoms with Gasteiger partial charge in [0.25, 0.3) is 0 Å². The molecule has 2 heterocycles. The summed E-state index contributed by atoms with van der Waals surface area (Å²) in [5.74, 6) is 1.27. The van der Waals surface area contributed by atoms with E-state index in [1.165, 1.54) is 35.0 Å². The zero-order valence-electron chi connectivity index (χ0n) is 19.0. The predicted octanol–water partition coefficient (Wildman–Crippen LogP) is 4.06. The highest BCUT2D eigenvalue weighted by atomic mass is 32.2. The fourth-order valence-corrected chi connectivity index (χ4v) is 6.16. The number of hydrogen-bond acceptors (Lipinski definition) is 6. The quantitative estimate of drug-likeness (QED) is 0.463. The van der Waals surface area contributed by atoms with E-state index in [1.807, 2.05) is 53.3 Å². The van der Waals surface area contributed by atoms with E-state index in [4.69, 9.17) is 5.73 Å². The van der Waals surface area contributed by atoms with Crippen LogP contribution in [0.25, 0.3) is 10.7 Å². The number of rotatable bonds is 9. The average Bonchev–Trinajstić information content (AvgIpc) is 3.40. The monoisotopic (exact) mass is 483 g/mol. The van der Waals surface area contributed by atoms with E-state index in [0.717, 1.165) is 35.1 Å². The van der Waals surface area contributed by atoms with Gasteiger partial charge in [0.1, 0.15) is 0 Å². The van der Waals surface area contributed by atoms with E-state index in [2.05, 4.69) is 23.2 Å². The number of hydrogen-bond donors (Lipinski definition) is 1. The molecule has 1 unspecified atom stereocenters. The number of thiophene rings is 1. The van der Waals surface area contributed by atoms with Gasteiger partial charge in [0.2, 0.25) is 11.8 Å². The Bertz CT molecular complexity index is 1130. The molecule has 1 aliphatic carbocycles. The highest BCUT2D eigenvalue weighted by Gasteiger charge is 2.23. The average molecular weight is 484 g/mol. The SMILES string of the molecule is CCC1CCc2sc(-c3nnc(SCC(=O)N(CCC(N)=O)c4ccccc4)n3C)cc2C1. The van der Waals surface area contributed by atoms with Crippen molar-refractivity contribution < 1.29 is 9.59 Å². The molecular formula is C24H29N5O2S2. The van der Waals surface area contributed by atoms with Gasteiger partial charge in [-0.2, -0.15) is 0 Å². The zero-order valence-corrected chi connectivity index (χ0v) is 20.6. The van der Waals surface area contributed by atoms with Crippen molar-refractivity contribution >= 4 is 40.6 Å². The number of aryl methyl sites for hydroxylation is 1. The first-order valence-corrected chi connectivity index (χ1v) is 13.0. The second kappa shape index (κ2) is 10.5. The normalized spacial score (nSPS) is 15.3. The van der Waals surface area contributed by atoms with Crippen LogP contribution in [0.15, 0.2) is 41.6 Å². The summed E-state index contributed by atoms with van der Waals surface area (Å²) >= 11 is 3.17. The summed E-state index contributed by atoms with van der Waals surface area (Å²) < 4.78 is 1.96. The lowest BCUT2D eigenvalue weighted by Crippen LogP contribution is -2.35. The van der Waals surface area contributed by atoms with Gasteiger partial charge in [-0.15, -0.1) is 21.5 Å². The Morgan fingerprint density at radius 2 is 2.06 bits per heavy atom. The van der Waals surface area contributed by atoms with E-state index in [9.17, 15) is 9.59 Å². The molecule has 174 valence electrons. The molecule has 0 fully saturated rings. The van der Waals surface area contributed by atoms with Crippen LogP contribution in [-0.4, -0.2) is 38.9 Å². The lowest BCUT2D eigenvalue weighted by atomic mass is 9.87. The number of anilines is 1. The van der Waals surface area contributed by atoms with Gasteiger partial charge in [-0.3, -0.25) is 9.59 Å². The number of fused-ring (bicyclic) bond motifs is 1. The molecule has 0 aliphatic heterocycles. The number of nitrogens with zero attached hydrogens (tertiary/aromatic N) is 4. The number of nitrogens with two attached hydrogens (primary N) is 1. The third-order valence-corrected chi connectivity index (χ3v) is 8.33. The van der Waals surface area contributed by atoms with Crippen LogP contribution in [0.2, 0.25) is 0 Å². The summed E-state index contributed by atoms with van der Waals surface area (Å²) in [5.41, 5.74) is 7.51. The lowest BCUT2D eigenvalue weighted by molar-refractivity contribution is -0.118. The molecule has 0 saturated heterocycles. The second-order valence-corrected chi connectivity index (χ2v) is 10.4. The minimum absolute atomic E-state index is 0.103. The molecule has 4 rings (SSSR count). The number of aromatic nitrogens is 3. The first-order chi connectivity index (χ1) is 16.0. The summed E-state index contributed by atoms with van der Waals surface area (Å²) in [6.45, 7) is 2.52. The van der Waals surface area contributed by atoms with Crippen LogP contribution in [-0.2, 0) is 29.5 Å². The number of amides is 2. The Labute approximate surface area is 202 Å². The molecule has 3 aromatic rings. The highest BCUT2D eigenvalue weighted by Crippen LogP contribution is 2.38. The van der Waals surface area contributed by atoms with Crippen LogP contribution < -0.4 is 10.6 Å². The second-order valence-electron chi connectivity index (χ2n) is 8.33. The van der Waals surface area contributed by atoms with Crippen molar-refractivity contribution in [3.63, 3.8) is 0 Å². The van der Waals surface area contributed by atoms with Gasteiger partial charge in [0.05, 0.1) is 10.6 Å². The molecule has 1 aliphatic rings. The highest BCUT2D eigenvalue weighted by molar-refractivity contribution is 7.99. The molecule has 0 spiro atoms. The molecular weight excluding hydrogens is 454 g/mol. The van der Waals surface area contributed by atoms with Gasteiger partial charge in [-0.1, -0.05) is 43.3 Å². The largest absolute Gasteiger partial charge is 0.370 e. The van der Waals surface area contributed by atoms with Crippen molar-refractivity contribution in [2.75, 3.05) is 17.2 Å². The number of primary amides is 1. The molecule has 9 heteroatoms. The van der Waals surface area contributed by atoms with Crippen molar-refractivity contribution in [2.45, 2.75) is 44.2 Å². The van der Waals surface area contributed by atoms with E-state index in [0.29, 0.717) is 5.16 Å². The van der Waals surface area contributed by atoms with Gasteiger partial charge in [0.15, 0.2) is 11.0 Å². The summed E-state index contributed by atoms with van der Waals surface area (Å²) in [6.07, 6.45) is 4.90. The van der Waals surface area contributed by atoms with E-state index in [1.54, 1.807) is 4.90 Å². The summed E-state index contributed by atoms with van der Waals surface area (Å²) in [6, 6.07) is 11.6. The van der Waals surface area contributed by atoms with Crippen LogP contribution in [0.3, 0.4) is 0 Å². The first kappa shape index (κ1) is 23.5. The molecule has 2 aromatic heterocycles. The van der Waals surface area contributed by atoms with Gasteiger partial charge >= 0.3 is 0 Å². The third-order valence-electron chi connectivity index (χ3n) is 6.09. The first-order valence-electron chi connectivity index (χ1n) is 11.2. The number of para-hydroxylation sites is 1. The zero-order chi connectivity index (χ0) is 23.4. The molecule has 7 nitrogen and oxygen atoms in total. The number of carbonyl (C=O) groups excluding carboxylic acids is 2. The molecule has 1 atom stereocenters. The van der Waals surface area contributed by atoms with E-state index < -0.39 is 5.91 Å². The molecule has 33 heavy (non-hydrogen) atoms. The fourth-order valence-electron chi connectivity index (χ4n) is 4.14. The Morgan fingerprint density at radius 3 is 2.79 bits per heavy atom. The topological polar surface area (TPSA) is 94.1 Å². The van der Waals surface area contributed by atoms with Crippen LogP contribution in [0, 0.1) is 5.92 Å². The summed E-state index contributed by atoms with van der Waals surface area (Å²) in [7, 11) is 1.94. The third kappa shape index (κ3) is 5.47. The van der Waals surface area contributed by atoms with Gasteiger partial charge in [0, 0.05) is 30.6 Å². The maximum Gasteiger partial charge on any atom is 0.237 e. The number of benzene rings is 1. The Hall–Kier alpha value is -2.65. The predicted molar refractivity (Wildman–Crippen MR) is 133 cm³/mol. The van der Waals surface area contributed by atoms with Crippen LogP contribution >= 0.6 is 23.1 Å². The van der Waals surface area contributed by atoms with Crippen molar-refractivity contribution in [1.82, 2.24) is 14.8 Å². The van der Waals surface area contributed by atoms with E-state index in [-0.39, 0.29) is 24.6 Å². The minimum Gasteiger partial charge on any atom is -0.370 e. The standard InChI is InChI=1S/C24H29N5O2S2/c1-3-16-9-10-19-17(13-16)14-20(33-19)23-26-27-24(28(23)2)32-15-22(31)29(12-11-21(25)30)18-7-5-4-6-8-18/h4-8,14,16H,3,9-13,15H2,1-2H3,(H2,25,30). The van der Waals surface area contributed by atoms with Crippen molar-refractivity contribution in [3.05, 3.63) is 46.8 Å². The number of thioether (sulfide) groups is 1. The molecule has 0 bridgehead atoms. The Morgan fingerprint density at radius 1 is 1.27 bits per heavy atom. The Kier molecular flexibility index (Phi) is 7.49. The maximum atomic E-state index is 13.0. The molecule has 1 aromatic carbocycles. The van der Waals surface area contributed by atoms with Crippen LogP contribution in [0.4, 0.5) is 5.69 Å². The number of carbonyl (C=O) groups is 2. The van der Waals surface area contributed by atoms with Crippen molar-refractivity contribution in [1.29, 1.82) is 0 Å². The summed E-state index contributed by atoms with van der Waals surface area (Å²) in [5, 5.41) is 9.46. The lowest BCUT2D eigenvalue weighted by Gasteiger charge is -2.22.